The topological polar surface area (TPSA) is 60.0 Å². The Labute approximate surface area is 187 Å². The van der Waals surface area contributed by atoms with Crippen molar-refractivity contribution >= 4 is 17.5 Å². The van der Waals surface area contributed by atoms with Gasteiger partial charge in [-0.3, -0.25) is 9.69 Å². The van der Waals surface area contributed by atoms with Gasteiger partial charge < -0.3 is 19.5 Å². The van der Waals surface area contributed by atoms with Crippen LogP contribution in [-0.4, -0.2) is 57.4 Å². The van der Waals surface area contributed by atoms with Crippen molar-refractivity contribution in [3.63, 3.8) is 0 Å². The molecule has 0 bridgehead atoms. The molecule has 0 aromatic heterocycles. The molecule has 1 amide bonds. The van der Waals surface area contributed by atoms with E-state index in [1.54, 1.807) is 38.5 Å². The van der Waals surface area contributed by atoms with Gasteiger partial charge in [-0.05, 0) is 42.7 Å². The van der Waals surface area contributed by atoms with Gasteiger partial charge in [-0.1, -0.05) is 17.7 Å². The van der Waals surface area contributed by atoms with E-state index in [1.165, 1.54) is 12.1 Å². The largest absolute Gasteiger partial charge is 0.497 e. The van der Waals surface area contributed by atoms with Crippen LogP contribution in [0.25, 0.3) is 0 Å². The number of halogens is 2. The lowest BCUT2D eigenvalue weighted by Crippen LogP contribution is -2.38. The molecule has 1 aliphatic heterocycles. The highest BCUT2D eigenvalue weighted by molar-refractivity contribution is 6.31. The lowest BCUT2D eigenvalue weighted by atomic mass is 10.1. The SMILES string of the molecule is COCCNC(=O)c1ccc(OC)cc1OC1CCN(Cc2ccc(F)cc2Cl)CC1. The van der Waals surface area contributed by atoms with E-state index < -0.39 is 0 Å². The van der Waals surface area contributed by atoms with Gasteiger partial charge in [-0.15, -0.1) is 0 Å². The van der Waals surface area contributed by atoms with Crippen LogP contribution < -0.4 is 14.8 Å². The first-order valence-electron chi connectivity index (χ1n) is 10.3. The summed E-state index contributed by atoms with van der Waals surface area (Å²) in [7, 11) is 3.17. The first-order valence-corrected chi connectivity index (χ1v) is 10.7. The third-order valence-corrected chi connectivity index (χ3v) is 5.61. The molecule has 0 saturated carbocycles. The molecule has 1 fully saturated rings. The van der Waals surface area contributed by atoms with Crippen molar-refractivity contribution in [2.75, 3.05) is 40.5 Å². The van der Waals surface area contributed by atoms with E-state index in [2.05, 4.69) is 10.2 Å². The molecule has 3 rings (SSSR count). The molecule has 1 aliphatic rings. The molecule has 168 valence electrons. The number of nitrogens with one attached hydrogen (secondary N) is 1. The van der Waals surface area contributed by atoms with E-state index in [4.69, 9.17) is 25.8 Å². The van der Waals surface area contributed by atoms with Crippen LogP contribution in [0, 0.1) is 5.82 Å². The molecule has 2 aromatic carbocycles. The normalized spacial score (nSPS) is 15.0. The maximum atomic E-state index is 13.3. The second kappa shape index (κ2) is 11.3. The minimum Gasteiger partial charge on any atom is -0.497 e. The van der Waals surface area contributed by atoms with E-state index >= 15 is 0 Å². The zero-order valence-corrected chi connectivity index (χ0v) is 18.6. The van der Waals surface area contributed by atoms with Crippen molar-refractivity contribution in [1.82, 2.24) is 10.2 Å². The molecule has 1 saturated heterocycles. The fourth-order valence-electron chi connectivity index (χ4n) is 3.53. The van der Waals surface area contributed by atoms with Gasteiger partial charge in [-0.25, -0.2) is 4.39 Å². The van der Waals surface area contributed by atoms with Crippen molar-refractivity contribution < 1.29 is 23.4 Å². The number of likely N-dealkylation sites (tertiary alicyclic amines) is 1. The molecule has 0 spiro atoms. The average molecular weight is 451 g/mol. The zero-order valence-electron chi connectivity index (χ0n) is 17.8. The highest BCUT2D eigenvalue weighted by Crippen LogP contribution is 2.28. The predicted molar refractivity (Wildman–Crippen MR) is 118 cm³/mol. The summed E-state index contributed by atoms with van der Waals surface area (Å²) in [6.07, 6.45) is 1.60. The maximum Gasteiger partial charge on any atom is 0.255 e. The molecule has 0 radical (unpaired) electrons. The lowest BCUT2D eigenvalue weighted by Gasteiger charge is -2.32. The van der Waals surface area contributed by atoms with Crippen LogP contribution in [-0.2, 0) is 11.3 Å². The minimum absolute atomic E-state index is 0.0161. The molecule has 1 heterocycles. The van der Waals surface area contributed by atoms with E-state index in [0.717, 1.165) is 31.5 Å². The summed E-state index contributed by atoms with van der Waals surface area (Å²) in [5.41, 5.74) is 1.38. The molecule has 1 N–H and O–H groups in total. The number of amides is 1. The maximum absolute atomic E-state index is 13.3. The highest BCUT2D eigenvalue weighted by atomic mass is 35.5. The summed E-state index contributed by atoms with van der Waals surface area (Å²) in [4.78, 5) is 14.8. The van der Waals surface area contributed by atoms with Gasteiger partial charge in [0.05, 0.1) is 19.3 Å². The number of methoxy groups -OCH3 is 2. The van der Waals surface area contributed by atoms with Gasteiger partial charge in [0.2, 0.25) is 0 Å². The van der Waals surface area contributed by atoms with Gasteiger partial charge in [-0.2, -0.15) is 0 Å². The van der Waals surface area contributed by atoms with Crippen LogP contribution in [0.15, 0.2) is 36.4 Å². The van der Waals surface area contributed by atoms with Gasteiger partial charge in [0.1, 0.15) is 23.4 Å². The lowest BCUT2D eigenvalue weighted by molar-refractivity contribution is 0.0881. The van der Waals surface area contributed by atoms with E-state index in [1.807, 2.05) is 0 Å². The average Bonchev–Trinajstić information content (AvgIpc) is 2.77. The van der Waals surface area contributed by atoms with Crippen molar-refractivity contribution in [1.29, 1.82) is 0 Å². The molecule has 6 nitrogen and oxygen atoms in total. The molecule has 31 heavy (non-hydrogen) atoms. The summed E-state index contributed by atoms with van der Waals surface area (Å²) in [5, 5.41) is 3.27. The van der Waals surface area contributed by atoms with Gasteiger partial charge >= 0.3 is 0 Å². The van der Waals surface area contributed by atoms with E-state index in [0.29, 0.717) is 41.8 Å². The Morgan fingerprint density at radius 1 is 1.19 bits per heavy atom. The highest BCUT2D eigenvalue weighted by Gasteiger charge is 2.23. The van der Waals surface area contributed by atoms with Crippen LogP contribution in [0.3, 0.4) is 0 Å². The van der Waals surface area contributed by atoms with Gasteiger partial charge in [0.25, 0.3) is 5.91 Å². The van der Waals surface area contributed by atoms with Crippen LogP contribution in [0.4, 0.5) is 4.39 Å². The van der Waals surface area contributed by atoms with Crippen LogP contribution >= 0.6 is 11.6 Å². The summed E-state index contributed by atoms with van der Waals surface area (Å²) < 4.78 is 29.8. The first kappa shape index (κ1) is 23.3. The van der Waals surface area contributed by atoms with Crippen LogP contribution in [0.1, 0.15) is 28.8 Å². The number of carbonyl (C=O) groups is 1. The number of hydrogen-bond donors (Lipinski definition) is 1. The van der Waals surface area contributed by atoms with Gasteiger partial charge in [0.15, 0.2) is 0 Å². The van der Waals surface area contributed by atoms with E-state index in [9.17, 15) is 9.18 Å². The van der Waals surface area contributed by atoms with E-state index in [-0.39, 0.29) is 17.8 Å². The minimum atomic E-state index is -0.332. The Hall–Kier alpha value is -2.35. The summed E-state index contributed by atoms with van der Waals surface area (Å²) in [5.74, 6) is 0.598. The fourth-order valence-corrected chi connectivity index (χ4v) is 3.76. The molecular formula is C23H28ClFN2O4. The molecular weight excluding hydrogens is 423 g/mol. The molecule has 8 heteroatoms. The quantitative estimate of drug-likeness (QED) is 0.587. The number of nitrogens with zero attached hydrogens (tertiary/aromatic N) is 1. The zero-order chi connectivity index (χ0) is 22.2. The fraction of sp³-hybridized carbons (Fsp3) is 0.435. The Morgan fingerprint density at radius 2 is 1.97 bits per heavy atom. The second-order valence-corrected chi connectivity index (χ2v) is 7.85. The molecule has 0 atom stereocenters. The van der Waals surface area contributed by atoms with Crippen molar-refractivity contribution in [2.45, 2.75) is 25.5 Å². The molecule has 2 aromatic rings. The standard InChI is InChI=1S/C23H28ClFN2O4/c1-29-12-9-26-23(28)20-6-5-19(30-2)14-22(20)31-18-7-10-27(11-8-18)15-16-3-4-17(25)13-21(16)24/h3-6,13-14,18H,7-12,15H2,1-2H3,(H,26,28). The molecule has 0 aliphatic carbocycles. The number of benzene rings is 2. The summed E-state index contributed by atoms with van der Waals surface area (Å²) in [6.45, 7) is 3.16. The second-order valence-electron chi connectivity index (χ2n) is 7.44. The monoisotopic (exact) mass is 450 g/mol. The number of piperidine rings is 1. The first-order chi connectivity index (χ1) is 15.0. The third kappa shape index (κ3) is 6.56. The summed E-state index contributed by atoms with van der Waals surface area (Å²) in [6, 6.07) is 9.70. The number of ether oxygens (including phenoxy) is 3. The van der Waals surface area contributed by atoms with Crippen molar-refractivity contribution in [2.24, 2.45) is 0 Å². The number of rotatable bonds is 9. The molecule has 0 unspecified atom stereocenters. The number of carbonyl (C=O) groups excluding carboxylic acids is 1. The Bertz CT molecular complexity index is 888. The Balaban J connectivity index is 1.60. The summed E-state index contributed by atoms with van der Waals surface area (Å²) >= 11 is 6.16. The van der Waals surface area contributed by atoms with Crippen molar-refractivity contribution in [3.05, 3.63) is 58.4 Å². The van der Waals surface area contributed by atoms with Crippen LogP contribution in [0.5, 0.6) is 11.5 Å². The van der Waals surface area contributed by atoms with Gasteiger partial charge in [0, 0.05) is 44.4 Å². The number of hydrogen-bond acceptors (Lipinski definition) is 5. The Morgan fingerprint density at radius 3 is 2.65 bits per heavy atom. The van der Waals surface area contributed by atoms with Crippen molar-refractivity contribution in [3.8, 4) is 11.5 Å². The third-order valence-electron chi connectivity index (χ3n) is 5.26. The Kier molecular flexibility index (Phi) is 8.51. The smallest absolute Gasteiger partial charge is 0.255 e. The van der Waals surface area contributed by atoms with Crippen LogP contribution in [0.2, 0.25) is 5.02 Å². The predicted octanol–water partition coefficient (Wildman–Crippen LogP) is 3.91.